The molecule has 0 aromatic carbocycles. The molecule has 1 aliphatic heterocycles. The van der Waals surface area contributed by atoms with Crippen LogP contribution >= 0.6 is 0 Å². The molecule has 1 saturated heterocycles. The fourth-order valence-electron chi connectivity index (χ4n) is 2.55. The van der Waals surface area contributed by atoms with Crippen LogP contribution in [-0.2, 0) is 4.74 Å². The topological polar surface area (TPSA) is 67.8 Å². The fraction of sp³-hybridized carbons (Fsp3) is 0.706. The van der Waals surface area contributed by atoms with E-state index < -0.39 is 5.60 Å². The van der Waals surface area contributed by atoms with Crippen LogP contribution in [0, 0.1) is 0 Å². The first-order valence-corrected chi connectivity index (χ1v) is 8.39. The second-order valence-electron chi connectivity index (χ2n) is 7.35. The molecule has 2 heterocycles. The minimum absolute atomic E-state index is 0.0325. The molecule has 24 heavy (non-hydrogen) atoms. The van der Waals surface area contributed by atoms with Crippen molar-refractivity contribution in [3.8, 4) is 5.88 Å². The van der Waals surface area contributed by atoms with E-state index in [2.05, 4.69) is 14.9 Å². The van der Waals surface area contributed by atoms with Gasteiger partial charge in [0.05, 0.1) is 18.5 Å². The van der Waals surface area contributed by atoms with Gasteiger partial charge in [-0.05, 0) is 41.5 Å². The molecule has 1 amide bonds. The molecule has 1 aliphatic rings. The van der Waals surface area contributed by atoms with Crippen LogP contribution in [0.15, 0.2) is 12.4 Å². The Hall–Kier alpha value is -2.05. The average molecular weight is 336 g/mol. The van der Waals surface area contributed by atoms with E-state index in [-0.39, 0.29) is 18.2 Å². The van der Waals surface area contributed by atoms with Crippen molar-refractivity contribution in [2.24, 2.45) is 0 Å². The van der Waals surface area contributed by atoms with Crippen molar-refractivity contribution in [3.63, 3.8) is 0 Å². The van der Waals surface area contributed by atoms with Crippen molar-refractivity contribution < 1.29 is 14.3 Å². The van der Waals surface area contributed by atoms with Crippen LogP contribution in [0.25, 0.3) is 0 Å². The van der Waals surface area contributed by atoms with Gasteiger partial charge >= 0.3 is 6.09 Å². The Morgan fingerprint density at radius 2 is 2.00 bits per heavy atom. The lowest BCUT2D eigenvalue weighted by Gasteiger charge is -2.40. The van der Waals surface area contributed by atoms with Gasteiger partial charge in [0, 0.05) is 25.7 Å². The van der Waals surface area contributed by atoms with Crippen LogP contribution in [0.3, 0.4) is 0 Å². The van der Waals surface area contributed by atoms with Gasteiger partial charge in [-0.2, -0.15) is 4.98 Å². The lowest BCUT2D eigenvalue weighted by Crippen LogP contribution is -2.55. The van der Waals surface area contributed by atoms with E-state index in [0.717, 1.165) is 5.82 Å². The third-order valence-electron chi connectivity index (χ3n) is 3.54. The molecule has 0 N–H and O–H groups in total. The summed E-state index contributed by atoms with van der Waals surface area (Å²) >= 11 is 0. The summed E-state index contributed by atoms with van der Waals surface area (Å²) in [4.78, 5) is 24.9. The largest absolute Gasteiger partial charge is 0.474 e. The number of anilines is 1. The summed E-state index contributed by atoms with van der Waals surface area (Å²) in [5.41, 5.74) is -0.484. The third kappa shape index (κ3) is 4.97. The van der Waals surface area contributed by atoms with Gasteiger partial charge in [0.2, 0.25) is 5.88 Å². The summed E-state index contributed by atoms with van der Waals surface area (Å²) in [7, 11) is 0. The number of hydrogen-bond acceptors (Lipinski definition) is 6. The van der Waals surface area contributed by atoms with Gasteiger partial charge in [-0.25, -0.2) is 4.79 Å². The number of amides is 1. The van der Waals surface area contributed by atoms with Crippen molar-refractivity contribution in [2.75, 3.05) is 24.5 Å². The van der Waals surface area contributed by atoms with E-state index in [0.29, 0.717) is 25.5 Å². The monoisotopic (exact) mass is 336 g/mol. The summed E-state index contributed by atoms with van der Waals surface area (Å²) < 4.78 is 11.1. The lowest BCUT2D eigenvalue weighted by molar-refractivity contribution is 0.0158. The quantitative estimate of drug-likeness (QED) is 0.845. The van der Waals surface area contributed by atoms with Crippen LogP contribution in [0.1, 0.15) is 41.5 Å². The second-order valence-corrected chi connectivity index (χ2v) is 7.35. The van der Waals surface area contributed by atoms with Gasteiger partial charge in [0.25, 0.3) is 0 Å². The van der Waals surface area contributed by atoms with Crippen LogP contribution in [0.2, 0.25) is 0 Å². The van der Waals surface area contributed by atoms with E-state index in [1.807, 2.05) is 41.5 Å². The highest BCUT2D eigenvalue weighted by molar-refractivity contribution is 5.69. The molecule has 7 nitrogen and oxygen atoms in total. The number of hydrogen-bond donors (Lipinski definition) is 0. The SMILES string of the molecule is CC(C)Oc1cncc(N2CCN(C(=O)OC(C)(C)C)C(C)C2)n1. The molecule has 0 radical (unpaired) electrons. The highest BCUT2D eigenvalue weighted by atomic mass is 16.6. The molecule has 134 valence electrons. The van der Waals surface area contributed by atoms with Crippen LogP contribution in [0.4, 0.5) is 10.6 Å². The Balaban J connectivity index is 2.01. The van der Waals surface area contributed by atoms with Crippen LogP contribution in [0.5, 0.6) is 5.88 Å². The highest BCUT2D eigenvalue weighted by Crippen LogP contribution is 2.21. The number of aromatic nitrogens is 2. The number of piperazine rings is 1. The second kappa shape index (κ2) is 7.23. The molecular formula is C17H28N4O3. The maximum Gasteiger partial charge on any atom is 0.410 e. The first kappa shape index (κ1) is 18.3. The summed E-state index contributed by atoms with van der Waals surface area (Å²) in [5, 5.41) is 0. The van der Waals surface area contributed by atoms with E-state index in [9.17, 15) is 4.79 Å². The predicted octanol–water partition coefficient (Wildman–Crippen LogP) is 2.71. The highest BCUT2D eigenvalue weighted by Gasteiger charge is 2.31. The van der Waals surface area contributed by atoms with Crippen molar-refractivity contribution >= 4 is 11.9 Å². The lowest BCUT2D eigenvalue weighted by atomic mass is 10.2. The van der Waals surface area contributed by atoms with E-state index in [1.54, 1.807) is 17.3 Å². The molecule has 1 fully saturated rings. The Bertz CT molecular complexity index is 571. The first-order chi connectivity index (χ1) is 11.2. The molecule has 0 aliphatic carbocycles. The number of carbonyl (C=O) groups excluding carboxylic acids is 1. The van der Waals surface area contributed by atoms with Gasteiger partial charge in [-0.15, -0.1) is 0 Å². The van der Waals surface area contributed by atoms with E-state index >= 15 is 0 Å². The molecule has 1 atom stereocenters. The zero-order valence-corrected chi connectivity index (χ0v) is 15.4. The number of ether oxygens (including phenoxy) is 2. The maximum absolute atomic E-state index is 12.3. The molecule has 2 rings (SSSR count). The Kier molecular flexibility index (Phi) is 5.51. The van der Waals surface area contributed by atoms with E-state index in [1.165, 1.54) is 0 Å². The summed E-state index contributed by atoms with van der Waals surface area (Å²) in [6.07, 6.45) is 3.13. The normalized spacial score (nSPS) is 18.7. The van der Waals surface area contributed by atoms with Crippen molar-refractivity contribution in [2.45, 2.75) is 59.3 Å². The molecular weight excluding hydrogens is 308 g/mol. The molecule has 0 spiro atoms. The van der Waals surface area contributed by atoms with Gasteiger partial charge < -0.3 is 19.3 Å². The van der Waals surface area contributed by atoms with Gasteiger partial charge in [0.15, 0.2) is 5.82 Å². The van der Waals surface area contributed by atoms with E-state index in [4.69, 9.17) is 9.47 Å². The maximum atomic E-state index is 12.3. The van der Waals surface area contributed by atoms with Crippen molar-refractivity contribution in [3.05, 3.63) is 12.4 Å². The Morgan fingerprint density at radius 1 is 1.29 bits per heavy atom. The molecule has 0 bridgehead atoms. The fourth-order valence-corrected chi connectivity index (χ4v) is 2.55. The molecule has 0 saturated carbocycles. The van der Waals surface area contributed by atoms with Gasteiger partial charge in [0.1, 0.15) is 5.60 Å². The smallest absolute Gasteiger partial charge is 0.410 e. The number of carbonyl (C=O) groups is 1. The Morgan fingerprint density at radius 3 is 2.58 bits per heavy atom. The van der Waals surface area contributed by atoms with Crippen molar-refractivity contribution in [1.29, 1.82) is 0 Å². The number of rotatable bonds is 3. The predicted molar refractivity (Wildman–Crippen MR) is 92.4 cm³/mol. The standard InChI is InChI=1S/C17H28N4O3/c1-12(2)23-15-10-18-9-14(19-15)20-7-8-21(13(3)11-20)16(22)24-17(4,5)6/h9-10,12-13H,7-8,11H2,1-6H3. The summed E-state index contributed by atoms with van der Waals surface area (Å²) in [6, 6.07) is 0.0325. The minimum atomic E-state index is -0.484. The molecule has 1 aromatic rings. The van der Waals surface area contributed by atoms with Gasteiger partial charge in [-0.3, -0.25) is 4.98 Å². The third-order valence-corrected chi connectivity index (χ3v) is 3.54. The van der Waals surface area contributed by atoms with Crippen LogP contribution in [-0.4, -0.2) is 58.3 Å². The molecule has 1 aromatic heterocycles. The Labute approximate surface area is 144 Å². The van der Waals surface area contributed by atoms with Gasteiger partial charge in [-0.1, -0.05) is 0 Å². The average Bonchev–Trinajstić information content (AvgIpc) is 2.44. The first-order valence-electron chi connectivity index (χ1n) is 8.39. The summed E-state index contributed by atoms with van der Waals surface area (Å²) in [6.45, 7) is 13.5. The van der Waals surface area contributed by atoms with Crippen molar-refractivity contribution in [1.82, 2.24) is 14.9 Å². The zero-order chi connectivity index (χ0) is 17.9. The molecule has 1 unspecified atom stereocenters. The van der Waals surface area contributed by atoms with Crippen LogP contribution < -0.4 is 9.64 Å². The summed E-state index contributed by atoms with van der Waals surface area (Å²) in [5.74, 6) is 1.29. The minimum Gasteiger partial charge on any atom is -0.474 e. The zero-order valence-electron chi connectivity index (χ0n) is 15.4. The number of nitrogens with zero attached hydrogens (tertiary/aromatic N) is 4. The molecule has 7 heteroatoms.